The van der Waals surface area contributed by atoms with Crippen molar-refractivity contribution in [3.05, 3.63) is 191 Å². The Kier molecular flexibility index (Phi) is 10.8. The Balaban J connectivity index is 1.34. The highest BCUT2D eigenvalue weighted by Gasteiger charge is 2.40. The Hall–Kier alpha value is -8.20. The third kappa shape index (κ3) is 8.11. The summed E-state index contributed by atoms with van der Waals surface area (Å²) in [6.07, 6.45) is -25.7. The van der Waals surface area contributed by atoms with Gasteiger partial charge >= 0.3 is 30.9 Å². The van der Waals surface area contributed by atoms with Crippen LogP contribution in [0.4, 0.5) is 65.9 Å². The molecule has 18 heteroatoms. The van der Waals surface area contributed by atoms with Gasteiger partial charge in [0, 0.05) is 27.1 Å². The SMILES string of the molecule is N#Cc1cc(-n2c3ccccc3c3ccc(-c4ccc(C(F)(F)F)cc4C(F)(F)F)cc32)c(-n2c3ccccc3c3ccc(-c4ccc(C(F)(F)F)cc4C(F)(F)F)cc32)cc1-c1cccc(C(F)(F)F)c1. The Labute approximate surface area is 395 Å². The molecule has 0 N–H and O–H groups in total. The van der Waals surface area contributed by atoms with E-state index in [1.54, 1.807) is 57.7 Å². The zero-order valence-electron chi connectivity index (χ0n) is 36.0. The van der Waals surface area contributed by atoms with Crippen molar-refractivity contribution in [2.24, 2.45) is 0 Å². The minimum absolute atomic E-state index is 0.00223. The topological polar surface area (TPSA) is 33.6 Å². The van der Waals surface area contributed by atoms with Crippen LogP contribution in [0, 0.1) is 11.3 Å². The molecule has 0 aliphatic carbocycles. The molecule has 8 aromatic carbocycles. The number of hydrogen-bond donors (Lipinski definition) is 0. The molecule has 2 heterocycles. The Bertz CT molecular complexity index is 3870. The molecule has 0 aliphatic heterocycles. The molecule has 0 radical (unpaired) electrons. The second-order valence-electron chi connectivity index (χ2n) is 16.8. The Morgan fingerprint density at radius 1 is 0.319 bits per heavy atom. The second kappa shape index (κ2) is 16.4. The predicted molar refractivity (Wildman–Crippen MR) is 241 cm³/mol. The molecule has 362 valence electrons. The maximum atomic E-state index is 14.7. The summed E-state index contributed by atoms with van der Waals surface area (Å²) in [5.41, 5.74) is -8.33. The van der Waals surface area contributed by atoms with Gasteiger partial charge in [-0.2, -0.15) is 71.1 Å². The lowest BCUT2D eigenvalue weighted by Crippen LogP contribution is -2.12. The number of nitrogens with zero attached hydrogens (tertiary/aromatic N) is 3. The zero-order chi connectivity index (χ0) is 51.4. The molecular weight excluding hydrogens is 976 g/mol. The predicted octanol–water partition coefficient (Wildman–Crippen LogP) is 17.8. The summed E-state index contributed by atoms with van der Waals surface area (Å²) >= 11 is 0. The fraction of sp³-hybridized carbons (Fsp3) is 0.0926. The molecule has 0 bridgehead atoms. The lowest BCUT2D eigenvalue weighted by molar-refractivity contribution is -0.144. The van der Waals surface area contributed by atoms with E-state index in [4.69, 9.17) is 0 Å². The van der Waals surface area contributed by atoms with Crippen molar-refractivity contribution < 1.29 is 65.9 Å². The normalized spacial score (nSPS) is 12.9. The van der Waals surface area contributed by atoms with Crippen molar-refractivity contribution in [1.82, 2.24) is 9.13 Å². The fourth-order valence-electron chi connectivity index (χ4n) is 9.34. The van der Waals surface area contributed by atoms with E-state index in [2.05, 4.69) is 0 Å². The molecule has 3 nitrogen and oxygen atoms in total. The smallest absolute Gasteiger partial charge is 0.307 e. The van der Waals surface area contributed by atoms with E-state index >= 15 is 0 Å². The van der Waals surface area contributed by atoms with Gasteiger partial charge in [0.2, 0.25) is 0 Å². The van der Waals surface area contributed by atoms with Gasteiger partial charge in [0.05, 0.1) is 72.9 Å². The zero-order valence-corrected chi connectivity index (χ0v) is 36.0. The monoisotopic (exact) mass is 1000 g/mol. The van der Waals surface area contributed by atoms with Gasteiger partial charge in [-0.1, -0.05) is 84.9 Å². The van der Waals surface area contributed by atoms with E-state index in [-0.39, 0.29) is 62.4 Å². The minimum Gasteiger partial charge on any atom is -0.307 e. The summed E-state index contributed by atoms with van der Waals surface area (Å²) in [6, 6.07) is 32.4. The summed E-state index contributed by atoms with van der Waals surface area (Å²) in [6.45, 7) is 0. The average molecular weight is 1000 g/mol. The number of rotatable bonds is 5. The molecule has 2 aromatic heterocycles. The number of alkyl halides is 15. The average Bonchev–Trinajstić information content (AvgIpc) is 3.83. The largest absolute Gasteiger partial charge is 0.417 e. The van der Waals surface area contributed by atoms with Crippen molar-refractivity contribution >= 4 is 43.6 Å². The third-order valence-corrected chi connectivity index (χ3v) is 12.5. The number of nitriles is 1. The number of fused-ring (bicyclic) bond motifs is 6. The maximum absolute atomic E-state index is 14.7. The van der Waals surface area contributed by atoms with Crippen LogP contribution < -0.4 is 0 Å². The maximum Gasteiger partial charge on any atom is 0.417 e. The van der Waals surface area contributed by atoms with Gasteiger partial charge in [-0.3, -0.25) is 0 Å². The van der Waals surface area contributed by atoms with Gasteiger partial charge in [0.25, 0.3) is 0 Å². The number of para-hydroxylation sites is 2. The van der Waals surface area contributed by atoms with Gasteiger partial charge in [-0.05, 0) is 101 Å². The molecule has 0 atom stereocenters. The van der Waals surface area contributed by atoms with Crippen LogP contribution in [0.15, 0.2) is 158 Å². The van der Waals surface area contributed by atoms with E-state index in [1.165, 1.54) is 54.6 Å². The number of halogens is 15. The number of hydrogen-bond acceptors (Lipinski definition) is 1. The molecular formula is C54H26F15N3. The lowest BCUT2D eigenvalue weighted by atomic mass is 9.95. The molecule has 0 saturated heterocycles. The van der Waals surface area contributed by atoms with Crippen LogP contribution in [0.25, 0.3) is 88.4 Å². The molecule has 0 amide bonds. The summed E-state index contributed by atoms with van der Waals surface area (Å²) < 4.78 is 216. The van der Waals surface area contributed by atoms with Crippen molar-refractivity contribution in [2.75, 3.05) is 0 Å². The summed E-state index contributed by atoms with van der Waals surface area (Å²) in [4.78, 5) is 0. The van der Waals surface area contributed by atoms with Crippen molar-refractivity contribution in [2.45, 2.75) is 30.9 Å². The first kappa shape index (κ1) is 47.5. The third-order valence-electron chi connectivity index (χ3n) is 12.5. The van der Waals surface area contributed by atoms with Crippen LogP contribution in [-0.2, 0) is 30.9 Å². The highest BCUT2D eigenvalue weighted by Crippen LogP contribution is 2.47. The molecule has 0 fully saturated rings. The van der Waals surface area contributed by atoms with Crippen molar-refractivity contribution in [1.29, 1.82) is 5.26 Å². The molecule has 72 heavy (non-hydrogen) atoms. The van der Waals surface area contributed by atoms with E-state index in [1.807, 2.05) is 6.07 Å². The summed E-state index contributed by atoms with van der Waals surface area (Å²) in [7, 11) is 0. The van der Waals surface area contributed by atoms with Gasteiger partial charge in [-0.15, -0.1) is 0 Å². The quantitative estimate of drug-likeness (QED) is 0.158. The van der Waals surface area contributed by atoms with Crippen LogP contribution >= 0.6 is 0 Å². The first-order chi connectivity index (χ1) is 33.8. The number of benzene rings is 8. The fourth-order valence-corrected chi connectivity index (χ4v) is 9.34. The van der Waals surface area contributed by atoms with Crippen LogP contribution in [0.2, 0.25) is 0 Å². The van der Waals surface area contributed by atoms with Crippen LogP contribution in [0.3, 0.4) is 0 Å². The van der Waals surface area contributed by atoms with Gasteiger partial charge in [-0.25, -0.2) is 0 Å². The molecule has 0 unspecified atom stereocenters. The molecule has 10 aromatic rings. The van der Waals surface area contributed by atoms with Crippen LogP contribution in [0.5, 0.6) is 0 Å². The van der Waals surface area contributed by atoms with E-state index < -0.39 is 69.8 Å². The Morgan fingerprint density at radius 2 is 0.722 bits per heavy atom. The van der Waals surface area contributed by atoms with Gasteiger partial charge in [0.1, 0.15) is 0 Å². The molecule has 0 aliphatic rings. The summed E-state index contributed by atoms with van der Waals surface area (Å²) in [5.74, 6) is 0. The first-order valence-electron chi connectivity index (χ1n) is 21.2. The van der Waals surface area contributed by atoms with Gasteiger partial charge < -0.3 is 9.13 Å². The first-order valence-corrected chi connectivity index (χ1v) is 21.2. The second-order valence-corrected chi connectivity index (χ2v) is 16.8. The van der Waals surface area contributed by atoms with Gasteiger partial charge in [0.15, 0.2) is 0 Å². The standard InChI is InChI=1S/C54H26F15N3/c55-50(56,57)32-7-5-6-28(20-32)41-26-49(72-45-11-4-2-9-38(45)40-17-13-30(22-47(40)72)36-19-15-34(52(61,62)63)25-43(36)54(67,68)69)48(23-31(41)27-70)71-44-10-3-1-8-37(44)39-16-12-29(21-46(39)71)35-18-14-33(51(58,59)60)24-42(35)53(64,65)66/h1-26H. The van der Waals surface area contributed by atoms with Crippen molar-refractivity contribution in [3.8, 4) is 50.8 Å². The van der Waals surface area contributed by atoms with Crippen molar-refractivity contribution in [3.63, 3.8) is 0 Å². The Morgan fingerprint density at radius 3 is 1.15 bits per heavy atom. The lowest BCUT2D eigenvalue weighted by Gasteiger charge is -2.21. The van der Waals surface area contributed by atoms with Crippen LogP contribution in [0.1, 0.15) is 33.4 Å². The number of aromatic nitrogens is 2. The van der Waals surface area contributed by atoms with Crippen LogP contribution in [-0.4, -0.2) is 9.13 Å². The van der Waals surface area contributed by atoms with E-state index in [0.717, 1.165) is 18.2 Å². The highest BCUT2D eigenvalue weighted by atomic mass is 19.4. The van der Waals surface area contributed by atoms with E-state index in [0.29, 0.717) is 56.8 Å². The molecule has 0 saturated carbocycles. The highest BCUT2D eigenvalue weighted by molar-refractivity contribution is 6.13. The molecule has 0 spiro atoms. The molecule has 10 rings (SSSR count). The minimum atomic E-state index is -5.28. The van der Waals surface area contributed by atoms with E-state index in [9.17, 15) is 71.1 Å². The summed E-state index contributed by atoms with van der Waals surface area (Å²) in [5, 5.41) is 12.5.